The highest BCUT2D eigenvalue weighted by Gasteiger charge is 2.36. The summed E-state index contributed by atoms with van der Waals surface area (Å²) < 4.78 is 12.9. The number of piperidine rings is 1. The average Bonchev–Trinajstić information content (AvgIpc) is 1.08. The lowest BCUT2D eigenvalue weighted by atomic mass is 9.97. The first-order valence-corrected chi connectivity index (χ1v) is 40.4. The number of β-amino-alcohol motifs (C(OH)–C–C–N with tert-alkyl or cyclic N) is 1. The Bertz CT molecular complexity index is 7100. The maximum atomic E-state index is 13.1. The van der Waals surface area contributed by atoms with Crippen molar-refractivity contribution in [3.63, 3.8) is 0 Å². The second kappa shape index (κ2) is 36.7. The molecule has 11 heterocycles. The van der Waals surface area contributed by atoms with Crippen LogP contribution in [0.1, 0.15) is 82.0 Å². The van der Waals surface area contributed by atoms with Gasteiger partial charge in [0.05, 0.1) is 61.1 Å². The topological polar surface area (TPSA) is 522 Å². The zero-order valence-corrected chi connectivity index (χ0v) is 69.8. The lowest BCUT2D eigenvalue weighted by Gasteiger charge is -2.30. The van der Waals surface area contributed by atoms with Gasteiger partial charge in [-0.3, -0.25) is 63.5 Å². The standard InChI is InChI=1S/C23H22N6O2.C23H27N5O6.C21H20N6O4.C19H21N5O5/c1-13-9-18-19(10-14(13)2)29(21-20(26-18)22(30)28-23(31)27-21)8-7-24-12-16-11-15-5-3-4-6-17(15)25-16;1-13-10-17-18(11-14(13)2)27(9-8-26-6-4-16(5-7-26)22(31)32)20-19(24-17)21(30)28(23(33)25-20)12-34-15(3)29;1-12-8-16-17(9-13(12)2)26(19-18(23-16)20(28)25-21(29)24-19)7-6-22-11-14-4-3-5-15(10-14)27(30)31;1-9-5-12-13(6-10(9)2)24(16-15(20-12)17(26)22-19(29)21-16)4-3-23-8-11(25)7-14(23)18(27)28/h3-6,9-11,24-25H,7-8,12H2,1-2H3,(H,28,30,31);10-11,16H,4-9,12H2,1-3H3,(H,31,32);3-5,8-10,22H,6-7,11H2,1-2H3,(H,25,28,29);5-6,11,14,25H,3-4,7-8H2,1-2H3,(H,27,28)(H,22,26,29)/t;;;11-,14-/m...1/s1. The van der Waals surface area contributed by atoms with E-state index in [9.17, 15) is 78.2 Å². The molecule has 0 saturated carbocycles. The van der Waals surface area contributed by atoms with Gasteiger partial charge in [-0.05, 0) is 197 Å². The van der Waals surface area contributed by atoms with Crippen LogP contribution >= 0.6 is 0 Å². The first kappa shape index (κ1) is 87.0. The van der Waals surface area contributed by atoms with Gasteiger partial charge < -0.3 is 58.8 Å². The summed E-state index contributed by atoms with van der Waals surface area (Å²) in [6.07, 6.45) is 0.629. The van der Waals surface area contributed by atoms with E-state index in [2.05, 4.69) is 93.5 Å². The van der Waals surface area contributed by atoms with Crippen molar-refractivity contribution < 1.29 is 39.4 Å². The molecular formula is C86H90N22O17. The minimum atomic E-state index is -0.987. The number of aliphatic hydroxyl groups excluding tert-OH is 1. The predicted molar refractivity (Wildman–Crippen MR) is 463 cm³/mol. The van der Waals surface area contributed by atoms with Crippen molar-refractivity contribution in [2.75, 3.05) is 45.8 Å². The summed E-state index contributed by atoms with van der Waals surface area (Å²) in [7, 11) is 0. The lowest BCUT2D eigenvalue weighted by molar-refractivity contribution is -0.384. The Balaban J connectivity index is 0.000000136. The number of carbonyl (C=O) groups is 3. The molecule has 9 N–H and O–H groups in total. The number of ether oxygens (including phenoxy) is 1. The average molecular weight is 1700 g/mol. The predicted octanol–water partition coefficient (Wildman–Crippen LogP) is 5.09. The van der Waals surface area contributed by atoms with Crippen molar-refractivity contribution >= 4 is 78.6 Å². The first-order valence-electron chi connectivity index (χ1n) is 40.4. The molecule has 0 radical (unpaired) electrons. The van der Waals surface area contributed by atoms with E-state index in [4.69, 9.17) is 4.74 Å². The molecule has 1 aromatic heterocycles. The number of fused-ring (bicyclic) bond motifs is 9. The van der Waals surface area contributed by atoms with E-state index in [-0.39, 0.29) is 71.4 Å². The van der Waals surface area contributed by atoms with E-state index >= 15 is 0 Å². The van der Waals surface area contributed by atoms with Crippen molar-refractivity contribution in [1.82, 2.24) is 103 Å². The van der Waals surface area contributed by atoms with E-state index in [1.54, 1.807) is 26.2 Å². The fourth-order valence-corrected chi connectivity index (χ4v) is 15.6. The van der Waals surface area contributed by atoms with Crippen LogP contribution in [0.25, 0.3) is 101 Å². The fraction of sp³-hybridized carbons (Fsp3) is 0.337. The van der Waals surface area contributed by atoms with Crippen LogP contribution in [0.3, 0.4) is 0 Å². The van der Waals surface area contributed by atoms with Crippen LogP contribution in [0.2, 0.25) is 0 Å². The number of aliphatic hydroxyl groups is 1. The van der Waals surface area contributed by atoms with Gasteiger partial charge in [0.15, 0.2) is 52.8 Å². The molecule has 646 valence electrons. The number of nitro groups is 1. The van der Waals surface area contributed by atoms with Crippen molar-refractivity contribution in [2.24, 2.45) is 5.92 Å². The van der Waals surface area contributed by atoms with E-state index in [1.807, 2.05) is 125 Å². The molecule has 0 amide bonds. The maximum absolute atomic E-state index is 13.1. The molecule has 0 bridgehead atoms. The Hall–Kier alpha value is -14.4. The molecule has 39 heteroatoms. The number of nitro benzene ring substituents is 1. The van der Waals surface area contributed by atoms with Gasteiger partial charge in [-0.25, -0.2) is 43.7 Å². The number of likely N-dealkylation sites (tertiary alicyclic amines) is 2. The number of aromatic nitrogens is 17. The molecule has 10 aliphatic rings. The Morgan fingerprint density at radius 1 is 0.496 bits per heavy atom. The molecule has 7 aromatic rings. The maximum Gasteiger partial charge on any atom is 0.355 e. The molecule has 10 aliphatic heterocycles. The summed E-state index contributed by atoms with van der Waals surface area (Å²) in [5.41, 5.74) is 12.0. The molecule has 2 atom stereocenters. The highest BCUT2D eigenvalue weighted by molar-refractivity contribution is 5.85. The second-order valence-electron chi connectivity index (χ2n) is 31.3. The summed E-state index contributed by atoms with van der Waals surface area (Å²) in [5.74, 6) is -1.84. The van der Waals surface area contributed by atoms with Gasteiger partial charge in [0, 0.05) is 109 Å². The number of aliphatic carboxylic acids is 2. The summed E-state index contributed by atoms with van der Waals surface area (Å²) in [6.45, 7) is 22.8. The molecule has 2 fully saturated rings. The molecule has 6 aromatic carbocycles. The minimum absolute atomic E-state index is 0.0205. The molecule has 39 nitrogen and oxygen atoms in total. The number of carboxylic acids is 2. The molecule has 0 aliphatic carbocycles. The van der Waals surface area contributed by atoms with Gasteiger partial charge in [-0.15, -0.1) is 0 Å². The van der Waals surface area contributed by atoms with Gasteiger partial charge in [0.1, 0.15) is 6.04 Å². The number of aryl methyl sites for hydroxylation is 8. The van der Waals surface area contributed by atoms with E-state index in [0.29, 0.717) is 118 Å². The zero-order valence-electron chi connectivity index (χ0n) is 69.8. The van der Waals surface area contributed by atoms with Crippen molar-refractivity contribution in [3.05, 3.63) is 252 Å². The number of nitrogens with zero attached hydrogens (tertiary/aromatic N) is 16. The second-order valence-corrected chi connectivity index (χ2v) is 31.3. The van der Waals surface area contributed by atoms with Crippen LogP contribution in [0.5, 0.6) is 0 Å². The molecule has 125 heavy (non-hydrogen) atoms. The number of carboxylic acid groups (broad SMARTS) is 2. The Labute approximate surface area is 707 Å². The van der Waals surface area contributed by atoms with Crippen molar-refractivity contribution in [3.8, 4) is 46.1 Å². The number of nitrogens with one attached hydrogen (secondary N) is 6. The Morgan fingerprint density at radius 3 is 1.39 bits per heavy atom. The van der Waals surface area contributed by atoms with Crippen LogP contribution in [-0.4, -0.2) is 189 Å². The normalized spacial score (nSPS) is 14.4. The number of hydrogen-bond acceptors (Lipinski definition) is 27. The van der Waals surface area contributed by atoms with Gasteiger partial charge >= 0.3 is 40.7 Å². The SMILES string of the molecule is CC(=O)OCn1c(=O)nc2n(CCN3CCC(C(=O)O)CC3)c3cc(C)c(C)cc3nc-2c1=O.Cc1cc2nc3c(=O)[nH]c(=O)nc-3n(CCN3C[C@H](O)C[C@@H]3C(=O)O)c2cc1C.Cc1cc2nc3c(=O)[nH]c(=O)nc-3n(CCNCc3cc4ccccc4[nH]3)c2cc1C.Cc1cc2nc3c(=O)[nH]c(=O)nc-3n(CCNCc3cccc([N+](=O)[O-])c3)c2cc1C. The molecule has 0 spiro atoms. The van der Waals surface area contributed by atoms with Crippen molar-refractivity contribution in [2.45, 2.75) is 140 Å². The third-order valence-corrected chi connectivity index (χ3v) is 22.8. The number of benzene rings is 6. The molecular weight excluding hydrogens is 1610 g/mol. The Morgan fingerprint density at radius 2 is 0.936 bits per heavy atom. The third-order valence-electron chi connectivity index (χ3n) is 22.8. The smallest absolute Gasteiger partial charge is 0.355 e. The quantitative estimate of drug-likeness (QED) is 0.0149. The van der Waals surface area contributed by atoms with Gasteiger partial charge in [-0.2, -0.15) is 19.9 Å². The summed E-state index contributed by atoms with van der Waals surface area (Å²) >= 11 is 0. The fourth-order valence-electron chi connectivity index (χ4n) is 15.6. The van der Waals surface area contributed by atoms with Crippen LogP contribution in [0.15, 0.2) is 141 Å². The zero-order chi connectivity index (χ0) is 89.1. The van der Waals surface area contributed by atoms with Crippen LogP contribution in [0.4, 0.5) is 5.69 Å². The van der Waals surface area contributed by atoms with E-state index < -0.39 is 86.7 Å². The number of aromatic amines is 4. The minimum Gasteiger partial charge on any atom is -0.481 e. The highest BCUT2D eigenvalue weighted by Crippen LogP contribution is 2.31. The first-order chi connectivity index (χ1) is 59.7. The largest absolute Gasteiger partial charge is 0.481 e. The number of H-pyrrole nitrogens is 4. The monoisotopic (exact) mass is 1700 g/mol. The number of non-ortho nitro benzene ring substituents is 1. The van der Waals surface area contributed by atoms with E-state index in [0.717, 1.165) is 82.4 Å². The third kappa shape index (κ3) is 19.1. The van der Waals surface area contributed by atoms with E-state index in [1.165, 1.54) is 24.4 Å². The summed E-state index contributed by atoms with van der Waals surface area (Å²) in [4.78, 5) is 190. The number of para-hydroxylation sites is 1. The highest BCUT2D eigenvalue weighted by atomic mass is 16.6. The summed E-state index contributed by atoms with van der Waals surface area (Å²) in [5, 5.41) is 47.3. The molecule has 17 rings (SSSR count). The van der Waals surface area contributed by atoms with Crippen LogP contribution in [0, 0.1) is 71.4 Å². The number of carbonyl (C=O) groups excluding carboxylic acids is 1. The molecule has 2 saturated heterocycles. The lowest BCUT2D eigenvalue weighted by Crippen LogP contribution is -2.41. The molecule has 0 unspecified atom stereocenters. The van der Waals surface area contributed by atoms with Gasteiger partial charge in [0.25, 0.3) is 27.9 Å². The van der Waals surface area contributed by atoms with Gasteiger partial charge in [0.2, 0.25) is 0 Å². The summed E-state index contributed by atoms with van der Waals surface area (Å²) in [6, 6.07) is 31.4. The van der Waals surface area contributed by atoms with Crippen molar-refractivity contribution in [1.29, 1.82) is 0 Å². The number of esters is 1. The number of rotatable bonds is 21. The van der Waals surface area contributed by atoms with Crippen LogP contribution in [-0.2, 0) is 65.1 Å². The van der Waals surface area contributed by atoms with Crippen LogP contribution < -0.4 is 55.6 Å². The number of hydrogen-bond donors (Lipinski definition) is 9. The Kier molecular flexibility index (Phi) is 25.5. The van der Waals surface area contributed by atoms with Gasteiger partial charge in [-0.1, -0.05) is 30.3 Å².